The molecule has 0 aliphatic heterocycles. The Labute approximate surface area is 119 Å². The topological polar surface area (TPSA) is 98.2 Å². The highest BCUT2D eigenvalue weighted by Crippen LogP contribution is 2.25. The van der Waals surface area contributed by atoms with Crippen LogP contribution in [-0.2, 0) is 4.79 Å². The molecule has 0 aliphatic carbocycles. The van der Waals surface area contributed by atoms with Crippen molar-refractivity contribution >= 4 is 17.5 Å². The Kier molecular flexibility index (Phi) is 5.27. The molecule has 5 N–H and O–H groups in total. The van der Waals surface area contributed by atoms with Gasteiger partial charge in [-0.25, -0.2) is 0 Å². The van der Waals surface area contributed by atoms with Crippen molar-refractivity contribution in [2.45, 2.75) is 27.2 Å². The van der Waals surface area contributed by atoms with Gasteiger partial charge in [-0.15, -0.1) is 0 Å². The van der Waals surface area contributed by atoms with E-state index in [0.717, 1.165) is 0 Å². The molecule has 0 saturated heterocycles. The van der Waals surface area contributed by atoms with Crippen molar-refractivity contribution in [2.75, 3.05) is 11.9 Å². The average Bonchev–Trinajstić information content (AvgIpc) is 2.35. The molecule has 0 bridgehead atoms. The number of amides is 2. The van der Waals surface area contributed by atoms with Crippen LogP contribution >= 0.6 is 0 Å². The number of nitrogens with two attached hydrogens (primary N) is 2. The van der Waals surface area contributed by atoms with E-state index < -0.39 is 5.91 Å². The van der Waals surface area contributed by atoms with Crippen molar-refractivity contribution in [3.05, 3.63) is 29.8 Å². The molecule has 0 saturated carbocycles. The van der Waals surface area contributed by atoms with E-state index in [4.69, 9.17) is 11.5 Å². The lowest BCUT2D eigenvalue weighted by Crippen LogP contribution is -2.33. The van der Waals surface area contributed by atoms with Gasteiger partial charge in [-0.05, 0) is 24.0 Å². The summed E-state index contributed by atoms with van der Waals surface area (Å²) in [5.74, 6) is -1.05. The van der Waals surface area contributed by atoms with Crippen molar-refractivity contribution in [3.63, 3.8) is 0 Å². The van der Waals surface area contributed by atoms with Crippen LogP contribution in [0, 0.1) is 11.3 Å². The van der Waals surface area contributed by atoms with E-state index in [-0.39, 0.29) is 23.8 Å². The van der Waals surface area contributed by atoms with Crippen LogP contribution in [0.1, 0.15) is 37.6 Å². The number of carbonyl (C=O) groups is 2. The number of hydrogen-bond donors (Lipinski definition) is 3. The van der Waals surface area contributed by atoms with Gasteiger partial charge in [0.2, 0.25) is 5.91 Å². The minimum absolute atomic E-state index is 0.00455. The molecule has 110 valence electrons. The Bertz CT molecular complexity index is 492. The molecule has 1 aromatic rings. The molecule has 1 atom stereocenters. The molecule has 0 aliphatic rings. The molecule has 0 aromatic heterocycles. The van der Waals surface area contributed by atoms with Gasteiger partial charge in [-0.1, -0.05) is 32.9 Å². The third-order valence-electron chi connectivity index (χ3n) is 2.96. The highest BCUT2D eigenvalue weighted by atomic mass is 16.2. The van der Waals surface area contributed by atoms with Gasteiger partial charge < -0.3 is 16.8 Å². The summed E-state index contributed by atoms with van der Waals surface area (Å²) in [5.41, 5.74) is 11.7. The van der Waals surface area contributed by atoms with Gasteiger partial charge in [0.1, 0.15) is 0 Å². The van der Waals surface area contributed by atoms with Crippen LogP contribution in [-0.4, -0.2) is 18.4 Å². The van der Waals surface area contributed by atoms with E-state index in [2.05, 4.69) is 26.1 Å². The fourth-order valence-electron chi connectivity index (χ4n) is 2.06. The van der Waals surface area contributed by atoms with E-state index in [1.54, 1.807) is 24.3 Å². The van der Waals surface area contributed by atoms with Gasteiger partial charge in [0, 0.05) is 6.54 Å². The third kappa shape index (κ3) is 4.66. The van der Waals surface area contributed by atoms with Gasteiger partial charge in [0.05, 0.1) is 17.2 Å². The third-order valence-corrected chi connectivity index (χ3v) is 2.96. The Hall–Kier alpha value is -1.88. The zero-order valence-corrected chi connectivity index (χ0v) is 12.3. The smallest absolute Gasteiger partial charge is 0.250 e. The summed E-state index contributed by atoms with van der Waals surface area (Å²) in [6, 6.07) is 6.68. The Balaban J connectivity index is 2.87. The molecule has 1 unspecified atom stereocenters. The second kappa shape index (κ2) is 6.52. The van der Waals surface area contributed by atoms with Crippen LogP contribution in [0.3, 0.4) is 0 Å². The van der Waals surface area contributed by atoms with Gasteiger partial charge >= 0.3 is 0 Å². The molecule has 0 heterocycles. The highest BCUT2D eigenvalue weighted by molar-refractivity contribution is 6.03. The Morgan fingerprint density at radius 2 is 1.85 bits per heavy atom. The molecular formula is C15H23N3O2. The summed E-state index contributed by atoms with van der Waals surface area (Å²) in [4.78, 5) is 23.6. The lowest BCUT2D eigenvalue weighted by atomic mass is 9.84. The molecule has 5 nitrogen and oxygen atoms in total. The Morgan fingerprint density at radius 3 is 2.35 bits per heavy atom. The van der Waals surface area contributed by atoms with Crippen molar-refractivity contribution in [3.8, 4) is 0 Å². The van der Waals surface area contributed by atoms with Crippen LogP contribution in [0.15, 0.2) is 24.3 Å². The standard InChI is InChI=1S/C15H23N3O2/c1-15(2,3)8-10(9-16)14(20)18-12-7-5-4-6-11(12)13(17)19/h4-7,10H,8-9,16H2,1-3H3,(H2,17,19)(H,18,20). The molecule has 1 rings (SSSR count). The summed E-state index contributed by atoms with van der Waals surface area (Å²) < 4.78 is 0. The normalized spacial score (nSPS) is 12.8. The summed E-state index contributed by atoms with van der Waals surface area (Å²) in [6.45, 7) is 6.43. The van der Waals surface area contributed by atoms with Crippen LogP contribution < -0.4 is 16.8 Å². The molecule has 0 fully saturated rings. The zero-order valence-electron chi connectivity index (χ0n) is 12.3. The second-order valence-corrected chi connectivity index (χ2v) is 6.10. The SMILES string of the molecule is CC(C)(C)CC(CN)C(=O)Nc1ccccc1C(N)=O. The summed E-state index contributed by atoms with van der Waals surface area (Å²) >= 11 is 0. The lowest BCUT2D eigenvalue weighted by molar-refractivity contribution is -0.120. The minimum atomic E-state index is -0.569. The maximum atomic E-state index is 12.3. The van der Waals surface area contributed by atoms with Crippen molar-refractivity contribution in [2.24, 2.45) is 22.8 Å². The van der Waals surface area contributed by atoms with Crippen LogP contribution in [0.4, 0.5) is 5.69 Å². The minimum Gasteiger partial charge on any atom is -0.366 e. The average molecular weight is 277 g/mol. The van der Waals surface area contributed by atoms with E-state index in [1.807, 2.05) is 0 Å². The maximum Gasteiger partial charge on any atom is 0.250 e. The zero-order chi connectivity index (χ0) is 15.3. The van der Waals surface area contributed by atoms with Crippen molar-refractivity contribution in [1.29, 1.82) is 0 Å². The van der Waals surface area contributed by atoms with Gasteiger partial charge in [0.15, 0.2) is 0 Å². The fraction of sp³-hybridized carbons (Fsp3) is 0.467. The van der Waals surface area contributed by atoms with Gasteiger partial charge in [-0.3, -0.25) is 9.59 Å². The number of primary amides is 1. The second-order valence-electron chi connectivity index (χ2n) is 6.10. The molecular weight excluding hydrogens is 254 g/mol. The monoisotopic (exact) mass is 277 g/mol. The molecule has 2 amide bonds. The number of para-hydroxylation sites is 1. The number of hydrogen-bond acceptors (Lipinski definition) is 3. The van der Waals surface area contributed by atoms with Crippen molar-refractivity contribution in [1.82, 2.24) is 0 Å². The Morgan fingerprint density at radius 1 is 1.25 bits per heavy atom. The molecule has 0 radical (unpaired) electrons. The fourth-order valence-corrected chi connectivity index (χ4v) is 2.06. The molecule has 5 heteroatoms. The first kappa shape index (κ1) is 16.2. The number of benzene rings is 1. The maximum absolute atomic E-state index is 12.3. The predicted molar refractivity (Wildman–Crippen MR) is 80.2 cm³/mol. The molecule has 0 spiro atoms. The van der Waals surface area contributed by atoms with Crippen LogP contribution in [0.2, 0.25) is 0 Å². The first-order valence-corrected chi connectivity index (χ1v) is 6.64. The summed E-state index contributed by atoms with van der Waals surface area (Å²) in [6.07, 6.45) is 0.675. The highest BCUT2D eigenvalue weighted by Gasteiger charge is 2.24. The summed E-state index contributed by atoms with van der Waals surface area (Å²) in [5, 5.41) is 2.75. The number of anilines is 1. The van der Waals surface area contributed by atoms with Crippen LogP contribution in [0.5, 0.6) is 0 Å². The summed E-state index contributed by atoms with van der Waals surface area (Å²) in [7, 11) is 0. The van der Waals surface area contributed by atoms with Gasteiger partial charge in [0.25, 0.3) is 5.91 Å². The molecule has 1 aromatic carbocycles. The van der Waals surface area contributed by atoms with E-state index in [9.17, 15) is 9.59 Å². The lowest BCUT2D eigenvalue weighted by Gasteiger charge is -2.24. The van der Waals surface area contributed by atoms with E-state index in [0.29, 0.717) is 17.7 Å². The first-order chi connectivity index (χ1) is 9.24. The molecule has 20 heavy (non-hydrogen) atoms. The number of carbonyl (C=O) groups excluding carboxylic acids is 2. The van der Waals surface area contributed by atoms with Gasteiger partial charge in [-0.2, -0.15) is 0 Å². The van der Waals surface area contributed by atoms with Crippen LogP contribution in [0.25, 0.3) is 0 Å². The van der Waals surface area contributed by atoms with E-state index in [1.165, 1.54) is 0 Å². The first-order valence-electron chi connectivity index (χ1n) is 6.64. The number of nitrogens with one attached hydrogen (secondary N) is 1. The van der Waals surface area contributed by atoms with E-state index >= 15 is 0 Å². The number of rotatable bonds is 5. The largest absolute Gasteiger partial charge is 0.366 e. The quantitative estimate of drug-likeness (QED) is 0.764. The van der Waals surface area contributed by atoms with Crippen molar-refractivity contribution < 1.29 is 9.59 Å². The predicted octanol–water partition coefficient (Wildman–Crippen LogP) is 1.74.